The number of benzene rings is 1. The fraction of sp³-hybridized carbons (Fsp3) is 0.583. The zero-order valence-corrected chi connectivity index (χ0v) is 53.4. The first-order valence-electron chi connectivity index (χ1n) is 29.8. The first-order chi connectivity index (χ1) is 35.3. The summed E-state index contributed by atoms with van der Waals surface area (Å²) in [6.07, 6.45) is 39.2. The average molecular weight is 1050 g/mol. The molecule has 2 nitrogen and oxygen atoms in total. The maximum absolute atomic E-state index is 4.46. The van der Waals surface area contributed by atoms with E-state index in [4.69, 9.17) is 0 Å². The quantitative estimate of drug-likeness (QED) is 0.0588. The highest BCUT2D eigenvalue weighted by Gasteiger charge is 2.38. The van der Waals surface area contributed by atoms with Gasteiger partial charge >= 0.3 is 0 Å². The summed E-state index contributed by atoms with van der Waals surface area (Å²) in [6.45, 7) is 61.4. The molecule has 0 fully saturated rings. The number of allylic oxidation sites excluding steroid dienone is 13. The van der Waals surface area contributed by atoms with Gasteiger partial charge in [-0.3, -0.25) is 0 Å². The second-order valence-electron chi connectivity index (χ2n) is 28.8. The van der Waals surface area contributed by atoms with E-state index in [1.165, 1.54) is 93.0 Å². The van der Waals surface area contributed by atoms with Crippen LogP contribution in [0.15, 0.2) is 149 Å². The molecule has 4 heteroatoms. The molecule has 0 radical (unpaired) electrons. The number of nitrogens with one attached hydrogen (secondary N) is 2. The lowest BCUT2D eigenvalue weighted by Crippen LogP contribution is -2.41. The third-order valence-electron chi connectivity index (χ3n) is 17.1. The van der Waals surface area contributed by atoms with Crippen molar-refractivity contribution in [1.82, 2.24) is 10.6 Å². The molecule has 2 aromatic rings. The molecule has 2 N–H and O–H groups in total. The highest BCUT2D eigenvalue weighted by molar-refractivity contribution is 7.30. The van der Waals surface area contributed by atoms with Gasteiger partial charge in [-0.1, -0.05) is 214 Å². The third-order valence-corrected chi connectivity index (χ3v) is 18.3. The molecule has 0 aliphatic heterocycles. The van der Waals surface area contributed by atoms with Gasteiger partial charge in [0, 0.05) is 34.3 Å². The zero-order chi connectivity index (χ0) is 57.0. The summed E-state index contributed by atoms with van der Waals surface area (Å²) >= 11 is 2.00. The van der Waals surface area contributed by atoms with E-state index < -0.39 is 0 Å². The van der Waals surface area contributed by atoms with Crippen molar-refractivity contribution in [2.45, 2.75) is 232 Å². The molecule has 0 spiro atoms. The van der Waals surface area contributed by atoms with Gasteiger partial charge in [0.25, 0.3) is 6.71 Å². The minimum absolute atomic E-state index is 0.0516. The summed E-state index contributed by atoms with van der Waals surface area (Å²) in [5, 5.41) is 9.84. The van der Waals surface area contributed by atoms with Crippen molar-refractivity contribution in [1.29, 1.82) is 0 Å². The van der Waals surface area contributed by atoms with Crippen LogP contribution >= 0.6 is 11.3 Å². The fourth-order valence-corrected chi connectivity index (χ4v) is 12.3. The maximum atomic E-state index is 4.46. The van der Waals surface area contributed by atoms with Gasteiger partial charge in [-0.05, 0) is 193 Å². The molecule has 2 aliphatic rings. The van der Waals surface area contributed by atoms with Gasteiger partial charge in [-0.2, -0.15) is 0 Å². The normalized spacial score (nSPS) is 20.5. The van der Waals surface area contributed by atoms with Crippen molar-refractivity contribution >= 4 is 32.9 Å². The molecule has 76 heavy (non-hydrogen) atoms. The highest BCUT2D eigenvalue weighted by atomic mass is 32.1. The first-order valence-corrected chi connectivity index (χ1v) is 30.6. The molecule has 1 unspecified atom stereocenters. The maximum Gasteiger partial charge on any atom is 0.253 e. The van der Waals surface area contributed by atoms with E-state index in [1.807, 2.05) is 17.4 Å². The Morgan fingerprint density at radius 1 is 0.763 bits per heavy atom. The molecule has 1 atom stereocenters. The predicted octanol–water partition coefficient (Wildman–Crippen LogP) is 20.9. The van der Waals surface area contributed by atoms with E-state index in [0.717, 1.165) is 54.6 Å². The Bertz CT molecular complexity index is 2520. The van der Waals surface area contributed by atoms with Crippen molar-refractivity contribution < 1.29 is 0 Å². The van der Waals surface area contributed by atoms with E-state index in [-0.39, 0.29) is 45.2 Å². The Labute approximate surface area is 473 Å². The van der Waals surface area contributed by atoms with Crippen molar-refractivity contribution in [2.75, 3.05) is 6.54 Å². The van der Waals surface area contributed by atoms with Gasteiger partial charge in [0.1, 0.15) is 0 Å². The Morgan fingerprint density at radius 3 is 1.91 bits per heavy atom. The fourth-order valence-electron chi connectivity index (χ4n) is 11.1. The first kappa shape index (κ1) is 64.7. The topological polar surface area (TPSA) is 24.1 Å². The molecule has 0 saturated carbocycles. The van der Waals surface area contributed by atoms with Crippen LogP contribution < -0.4 is 15.4 Å². The van der Waals surface area contributed by atoms with Gasteiger partial charge < -0.3 is 10.6 Å². The number of hydrogen-bond donors (Lipinski definition) is 2. The van der Waals surface area contributed by atoms with Crippen LogP contribution in [-0.2, 0) is 10.8 Å². The molecule has 1 heterocycles. The van der Waals surface area contributed by atoms with Gasteiger partial charge in [0.2, 0.25) is 0 Å². The summed E-state index contributed by atoms with van der Waals surface area (Å²) in [4.78, 5) is 0. The van der Waals surface area contributed by atoms with Crippen LogP contribution in [0.3, 0.4) is 0 Å². The minimum atomic E-state index is -0.0516. The van der Waals surface area contributed by atoms with Crippen LogP contribution in [0.4, 0.5) is 0 Å². The van der Waals surface area contributed by atoms with E-state index in [0.29, 0.717) is 18.4 Å². The highest BCUT2D eigenvalue weighted by Crippen LogP contribution is 2.48. The SMILES string of the molecule is C=C/C(C)=C(C=C)/C1=C/CC(C)(C)CCC(C)(C)C/C=C\1N/C(C=C(C)C)=C(/CNC(C=C)C/C=C/C(C)(C)CCC(C)C)B(C(/C=C\CC(C)(C)CCC(C)C)=C/C)c1cc2cc3c(cc2s1)C(C)(C)CCC3(C)C. The molecule has 1 aromatic carbocycles. The second-order valence-corrected chi connectivity index (χ2v) is 29.9. The van der Waals surface area contributed by atoms with E-state index >= 15 is 0 Å². The van der Waals surface area contributed by atoms with Gasteiger partial charge in [0.15, 0.2) is 0 Å². The van der Waals surface area contributed by atoms with E-state index in [9.17, 15) is 0 Å². The lowest BCUT2D eigenvalue weighted by atomic mass is 9.37. The standard InChI is InChI=1S/C72H111BN2S/c1-24-54(11)58(27-4)59-34-40-69(16,17)42-43-70(18,19)41-35-63(59)75-64(46-53(9)10)62(50-74-57(26-3)31-29-37-68(14,15)39-33-52(7)8)73(56(25-2)30-28-36-67(12,13)38-32-51(5)6)66-48-55-47-60-61(49-65(55)76-66)72(22,23)45-44-71(60,20)21/h24-30,34-35,37,46-49,51-52,57,74-75H,1,3-4,31-33,36,38-45,50H2,2,5-23H3/b30-28-,37-29+,56-25+,58-54+,59-34-,63-35+,64-62-. The van der Waals surface area contributed by atoms with Crippen LogP contribution in [-0.4, -0.2) is 19.3 Å². The largest absolute Gasteiger partial charge is 0.356 e. The van der Waals surface area contributed by atoms with Gasteiger partial charge in [0.05, 0.1) is 0 Å². The molecular weight excluding hydrogens is 936 g/mol. The van der Waals surface area contributed by atoms with Crippen LogP contribution in [0, 0.1) is 33.5 Å². The summed E-state index contributed by atoms with van der Waals surface area (Å²) in [6, 6.07) is 7.78. The van der Waals surface area contributed by atoms with Crippen LogP contribution in [0.2, 0.25) is 0 Å². The minimum Gasteiger partial charge on any atom is -0.356 e. The van der Waals surface area contributed by atoms with Crippen molar-refractivity contribution in [3.8, 4) is 0 Å². The Balaban J connectivity index is 2.16. The summed E-state index contributed by atoms with van der Waals surface area (Å²) in [5.41, 5.74) is 13.5. The Hall–Kier alpha value is -3.86. The van der Waals surface area contributed by atoms with Crippen molar-refractivity contribution in [3.63, 3.8) is 0 Å². The second kappa shape index (κ2) is 27.3. The zero-order valence-electron chi connectivity index (χ0n) is 52.6. The summed E-state index contributed by atoms with van der Waals surface area (Å²) in [7, 11) is 0. The molecule has 0 amide bonds. The van der Waals surface area contributed by atoms with Gasteiger partial charge in [-0.25, -0.2) is 0 Å². The number of thiophene rings is 1. The molecule has 4 rings (SSSR count). The summed E-state index contributed by atoms with van der Waals surface area (Å²) < 4.78 is 2.75. The van der Waals surface area contributed by atoms with Crippen LogP contribution in [0.5, 0.6) is 0 Å². The Kier molecular flexibility index (Phi) is 23.3. The van der Waals surface area contributed by atoms with E-state index in [1.54, 1.807) is 0 Å². The van der Waals surface area contributed by atoms with Crippen molar-refractivity contribution in [2.24, 2.45) is 33.5 Å². The average Bonchev–Trinajstić information content (AvgIpc) is 3.75. The molecular formula is C72H111BN2S. The number of hydrogen-bond acceptors (Lipinski definition) is 3. The lowest BCUT2D eigenvalue weighted by Gasteiger charge is -2.41. The van der Waals surface area contributed by atoms with Crippen molar-refractivity contribution in [3.05, 3.63) is 161 Å². The summed E-state index contributed by atoms with van der Waals surface area (Å²) in [5.74, 6) is 1.38. The molecule has 0 saturated heterocycles. The lowest BCUT2D eigenvalue weighted by molar-refractivity contribution is 0.241. The predicted molar refractivity (Wildman–Crippen MR) is 346 cm³/mol. The van der Waals surface area contributed by atoms with Crippen LogP contribution in [0.1, 0.15) is 227 Å². The molecule has 418 valence electrons. The van der Waals surface area contributed by atoms with Crippen LogP contribution in [0.25, 0.3) is 10.1 Å². The van der Waals surface area contributed by atoms with Gasteiger partial charge in [-0.15, -0.1) is 17.9 Å². The third kappa shape index (κ3) is 18.9. The number of rotatable bonds is 25. The molecule has 0 bridgehead atoms. The number of fused-ring (bicyclic) bond motifs is 2. The molecule has 2 aliphatic carbocycles. The smallest absolute Gasteiger partial charge is 0.253 e. The monoisotopic (exact) mass is 1050 g/mol. The Morgan fingerprint density at radius 2 is 1.36 bits per heavy atom. The molecule has 1 aromatic heterocycles. The van der Waals surface area contributed by atoms with E-state index in [2.05, 4.69) is 248 Å².